The van der Waals surface area contributed by atoms with Crippen molar-refractivity contribution in [3.63, 3.8) is 0 Å². The number of rotatable bonds is 9. The highest BCUT2D eigenvalue weighted by atomic mass is 32.2. The van der Waals surface area contributed by atoms with Crippen molar-refractivity contribution in [3.8, 4) is 11.5 Å². The van der Waals surface area contributed by atoms with Crippen LogP contribution in [0.15, 0.2) is 53.4 Å². The fourth-order valence-corrected chi connectivity index (χ4v) is 2.73. The molecule has 4 nitrogen and oxygen atoms in total. The number of aliphatic carboxylic acids is 1. The molecule has 2 aromatic carbocycles. The molecular weight excluding hydrogens is 407 g/mol. The first-order valence-electron chi connectivity index (χ1n) is 7.80. The van der Waals surface area contributed by atoms with Gasteiger partial charge in [-0.25, -0.2) is 13.6 Å². The Morgan fingerprint density at radius 3 is 1.96 bits per heavy atom. The van der Waals surface area contributed by atoms with Gasteiger partial charge in [-0.05, 0) is 48.5 Å². The van der Waals surface area contributed by atoms with Gasteiger partial charge in [-0.3, -0.25) is 0 Å². The molecule has 0 saturated heterocycles. The number of hydrogen-bond acceptors (Lipinski definition) is 4. The largest absolute Gasteiger partial charge is 0.487 e. The molecule has 0 spiro atoms. The third-order valence-electron chi connectivity index (χ3n) is 3.27. The highest BCUT2D eigenvalue weighted by Gasteiger charge is 2.32. The molecule has 0 bridgehead atoms. The van der Waals surface area contributed by atoms with Gasteiger partial charge in [-0.15, -0.1) is 11.8 Å². The molecule has 0 aliphatic carbocycles. The lowest BCUT2D eigenvalue weighted by Gasteiger charge is -2.17. The minimum absolute atomic E-state index is 0.0855. The Hall–Kier alpha value is -2.49. The van der Waals surface area contributed by atoms with Gasteiger partial charge in [0.2, 0.25) is 0 Å². The van der Waals surface area contributed by atoms with Gasteiger partial charge >= 0.3 is 12.1 Å². The van der Waals surface area contributed by atoms with E-state index in [1.54, 1.807) is 0 Å². The SMILES string of the molecule is O=C(O)COc1ccc(SCC(F)(F)COc2ccc(C(F)(F)F)cc2)cc1. The van der Waals surface area contributed by atoms with Crippen LogP contribution in [0, 0.1) is 0 Å². The standard InChI is InChI=1S/C18H15F5O4S/c19-17(20,10-27-14-3-1-12(2-4-14)18(21,22)23)11-28-15-7-5-13(6-8-15)26-9-16(24)25/h1-8H,9-11H2,(H,24,25). The van der Waals surface area contributed by atoms with Crippen LogP contribution in [0.25, 0.3) is 0 Å². The minimum atomic E-state index is -4.51. The van der Waals surface area contributed by atoms with E-state index in [1.807, 2.05) is 0 Å². The normalized spacial score (nSPS) is 11.9. The number of alkyl halides is 5. The molecule has 0 radical (unpaired) electrons. The van der Waals surface area contributed by atoms with Gasteiger partial charge in [-0.1, -0.05) is 0 Å². The molecule has 0 fully saturated rings. The summed E-state index contributed by atoms with van der Waals surface area (Å²) in [4.78, 5) is 10.9. The minimum Gasteiger partial charge on any atom is -0.487 e. The third-order valence-corrected chi connectivity index (χ3v) is 4.44. The molecule has 2 rings (SSSR count). The van der Waals surface area contributed by atoms with Crippen molar-refractivity contribution in [2.75, 3.05) is 19.0 Å². The van der Waals surface area contributed by atoms with Crippen molar-refractivity contribution in [1.29, 1.82) is 0 Å². The molecule has 0 heterocycles. The molecule has 1 N–H and O–H groups in total. The molecule has 0 aromatic heterocycles. The number of hydrogen-bond donors (Lipinski definition) is 1. The Morgan fingerprint density at radius 1 is 0.893 bits per heavy atom. The van der Waals surface area contributed by atoms with Gasteiger partial charge in [0.15, 0.2) is 13.2 Å². The first-order valence-corrected chi connectivity index (χ1v) is 8.79. The van der Waals surface area contributed by atoms with Crippen LogP contribution in [0.1, 0.15) is 5.56 Å². The topological polar surface area (TPSA) is 55.8 Å². The van der Waals surface area contributed by atoms with Crippen LogP contribution in [0.3, 0.4) is 0 Å². The summed E-state index contributed by atoms with van der Waals surface area (Å²) in [5, 5.41) is 8.51. The van der Waals surface area contributed by atoms with Gasteiger partial charge in [-0.2, -0.15) is 13.2 Å². The van der Waals surface area contributed by atoms with Gasteiger partial charge in [0.1, 0.15) is 11.5 Å². The second-order valence-corrected chi connectivity index (χ2v) is 6.66. The molecular formula is C18H15F5O4S. The molecule has 0 amide bonds. The Labute approximate surface area is 161 Å². The fourth-order valence-electron chi connectivity index (χ4n) is 1.94. The van der Waals surface area contributed by atoms with E-state index in [2.05, 4.69) is 0 Å². The van der Waals surface area contributed by atoms with Crippen molar-refractivity contribution < 1.29 is 41.3 Å². The molecule has 152 valence electrons. The van der Waals surface area contributed by atoms with E-state index >= 15 is 0 Å². The average molecular weight is 422 g/mol. The quantitative estimate of drug-likeness (QED) is 0.457. The zero-order chi connectivity index (χ0) is 20.8. The molecule has 0 aliphatic heterocycles. The van der Waals surface area contributed by atoms with Crippen molar-refractivity contribution in [2.45, 2.75) is 17.0 Å². The van der Waals surface area contributed by atoms with Crippen molar-refractivity contribution in [1.82, 2.24) is 0 Å². The first kappa shape index (κ1) is 21.8. The summed E-state index contributed by atoms with van der Waals surface area (Å²) in [5.74, 6) is -4.75. The number of benzene rings is 2. The Morgan fingerprint density at radius 2 is 1.43 bits per heavy atom. The number of carboxylic acids is 1. The highest BCUT2D eigenvalue weighted by molar-refractivity contribution is 7.99. The summed E-state index contributed by atoms with van der Waals surface area (Å²) in [6.45, 7) is -1.49. The molecule has 0 unspecified atom stereocenters. The number of thioether (sulfide) groups is 1. The lowest BCUT2D eigenvalue weighted by molar-refractivity contribution is -0.139. The molecule has 2 aromatic rings. The van der Waals surface area contributed by atoms with Crippen LogP contribution in [0.2, 0.25) is 0 Å². The molecule has 10 heteroatoms. The van der Waals surface area contributed by atoms with Crippen LogP contribution in [-0.4, -0.2) is 36.0 Å². The van der Waals surface area contributed by atoms with Crippen LogP contribution in [0.5, 0.6) is 11.5 Å². The van der Waals surface area contributed by atoms with Crippen LogP contribution >= 0.6 is 11.8 Å². The first-order chi connectivity index (χ1) is 13.0. The predicted molar refractivity (Wildman–Crippen MR) is 92.2 cm³/mol. The lowest BCUT2D eigenvalue weighted by Crippen LogP contribution is -2.28. The van der Waals surface area contributed by atoms with E-state index < -0.39 is 42.6 Å². The van der Waals surface area contributed by atoms with Crippen molar-refractivity contribution in [2.24, 2.45) is 0 Å². The lowest BCUT2D eigenvalue weighted by atomic mass is 10.2. The van der Waals surface area contributed by atoms with E-state index in [9.17, 15) is 26.7 Å². The second-order valence-electron chi connectivity index (χ2n) is 5.61. The van der Waals surface area contributed by atoms with Gasteiger partial charge in [0.25, 0.3) is 5.92 Å². The maximum absolute atomic E-state index is 13.9. The van der Waals surface area contributed by atoms with Gasteiger partial charge in [0.05, 0.1) is 11.3 Å². The Kier molecular flexibility index (Phi) is 7.11. The van der Waals surface area contributed by atoms with E-state index in [4.69, 9.17) is 14.6 Å². The number of ether oxygens (including phenoxy) is 2. The fraction of sp³-hybridized carbons (Fsp3) is 0.278. The molecule has 0 saturated carbocycles. The molecule has 0 aliphatic rings. The van der Waals surface area contributed by atoms with Crippen molar-refractivity contribution >= 4 is 17.7 Å². The van der Waals surface area contributed by atoms with Gasteiger partial charge < -0.3 is 14.6 Å². The van der Waals surface area contributed by atoms with E-state index in [0.29, 0.717) is 10.6 Å². The smallest absolute Gasteiger partial charge is 0.416 e. The van der Waals surface area contributed by atoms with Crippen LogP contribution < -0.4 is 9.47 Å². The number of halogens is 5. The number of carbonyl (C=O) groups is 1. The average Bonchev–Trinajstić information content (AvgIpc) is 2.64. The molecule has 28 heavy (non-hydrogen) atoms. The number of carboxylic acid groups (broad SMARTS) is 1. The maximum atomic E-state index is 13.9. The summed E-state index contributed by atoms with van der Waals surface area (Å²) in [7, 11) is 0. The zero-order valence-corrected chi connectivity index (χ0v) is 15.0. The van der Waals surface area contributed by atoms with Crippen LogP contribution in [0.4, 0.5) is 22.0 Å². The predicted octanol–water partition coefficient (Wildman–Crippen LogP) is 4.98. The maximum Gasteiger partial charge on any atom is 0.416 e. The monoisotopic (exact) mass is 422 g/mol. The molecule has 0 atom stereocenters. The van der Waals surface area contributed by atoms with E-state index in [1.165, 1.54) is 24.3 Å². The van der Waals surface area contributed by atoms with Crippen molar-refractivity contribution in [3.05, 3.63) is 54.1 Å². The van der Waals surface area contributed by atoms with Gasteiger partial charge in [0, 0.05) is 4.90 Å². The summed E-state index contributed by atoms with van der Waals surface area (Å²) < 4.78 is 75.1. The zero-order valence-electron chi connectivity index (χ0n) is 14.2. The third kappa shape index (κ3) is 7.26. The highest BCUT2D eigenvalue weighted by Crippen LogP contribution is 2.31. The van der Waals surface area contributed by atoms with Crippen LogP contribution in [-0.2, 0) is 11.0 Å². The Balaban J connectivity index is 1.82. The van der Waals surface area contributed by atoms with E-state index in [-0.39, 0.29) is 5.75 Å². The summed E-state index contributed by atoms with van der Waals surface area (Å²) in [6, 6.07) is 9.43. The summed E-state index contributed by atoms with van der Waals surface area (Å²) >= 11 is 0.851. The van der Waals surface area contributed by atoms with E-state index in [0.717, 1.165) is 36.0 Å². The summed E-state index contributed by atoms with van der Waals surface area (Å²) in [5.41, 5.74) is -0.891. The Bertz CT molecular complexity index is 776. The summed E-state index contributed by atoms with van der Waals surface area (Å²) in [6.07, 6.45) is -4.51. The second kappa shape index (κ2) is 9.13.